The fourth-order valence-electron chi connectivity index (χ4n) is 3.24. The number of hydrogen-bond donors (Lipinski definition) is 0. The summed E-state index contributed by atoms with van der Waals surface area (Å²) in [6.45, 7) is 0.685. The van der Waals surface area contributed by atoms with Crippen LogP contribution in [0.4, 0.5) is 0 Å². The molecule has 158 valence electrons. The van der Waals surface area contributed by atoms with Gasteiger partial charge in [0.25, 0.3) is 0 Å². The smallest absolute Gasteiger partial charge is 0.192 e. The van der Waals surface area contributed by atoms with Crippen LogP contribution in [-0.2, 0) is 12.3 Å². The van der Waals surface area contributed by atoms with E-state index < -0.39 is 0 Å². The number of rotatable bonds is 7. The second-order valence-electron chi connectivity index (χ2n) is 7.03. The number of hydrogen-bond acceptors (Lipinski definition) is 6. The molecule has 0 bridgehead atoms. The van der Waals surface area contributed by atoms with Gasteiger partial charge in [-0.2, -0.15) is 0 Å². The van der Waals surface area contributed by atoms with E-state index in [1.54, 1.807) is 29.3 Å². The molecule has 0 radical (unpaired) electrons. The number of thiazole rings is 1. The Labute approximate surface area is 199 Å². The fourth-order valence-corrected chi connectivity index (χ4v) is 5.09. The molecule has 0 saturated carbocycles. The van der Waals surface area contributed by atoms with Crippen LogP contribution in [0.25, 0.3) is 22.1 Å². The van der Waals surface area contributed by atoms with Crippen LogP contribution in [-0.4, -0.2) is 24.7 Å². The molecule has 5 nitrogen and oxygen atoms in total. The maximum Gasteiger partial charge on any atom is 0.192 e. The summed E-state index contributed by atoms with van der Waals surface area (Å²) >= 11 is 9.32. The van der Waals surface area contributed by atoms with Gasteiger partial charge in [-0.3, -0.25) is 9.55 Å². The minimum atomic E-state index is 0.685. The van der Waals surface area contributed by atoms with E-state index in [0.29, 0.717) is 17.3 Å². The lowest BCUT2D eigenvalue weighted by molar-refractivity contribution is 0.714. The van der Waals surface area contributed by atoms with E-state index in [0.717, 1.165) is 32.9 Å². The van der Waals surface area contributed by atoms with Gasteiger partial charge in [0.15, 0.2) is 11.0 Å². The van der Waals surface area contributed by atoms with E-state index >= 15 is 0 Å². The van der Waals surface area contributed by atoms with E-state index in [1.807, 2.05) is 60.7 Å². The normalized spacial score (nSPS) is 11.0. The van der Waals surface area contributed by atoms with Crippen LogP contribution in [0, 0.1) is 0 Å². The molecule has 8 heteroatoms. The Balaban J connectivity index is 1.41. The monoisotopic (exact) mass is 475 g/mol. The summed E-state index contributed by atoms with van der Waals surface area (Å²) in [6, 6.07) is 23.9. The van der Waals surface area contributed by atoms with E-state index in [1.165, 1.54) is 5.56 Å². The highest BCUT2D eigenvalue weighted by molar-refractivity contribution is 7.98. The van der Waals surface area contributed by atoms with Gasteiger partial charge in [0, 0.05) is 27.9 Å². The van der Waals surface area contributed by atoms with Crippen molar-refractivity contribution in [1.82, 2.24) is 24.7 Å². The van der Waals surface area contributed by atoms with Gasteiger partial charge in [0.2, 0.25) is 0 Å². The molecular formula is C24H18ClN5S2. The molecule has 0 spiro atoms. The average molecular weight is 476 g/mol. The Bertz CT molecular complexity index is 1300. The van der Waals surface area contributed by atoms with Crippen molar-refractivity contribution in [2.75, 3.05) is 0 Å². The first-order valence-corrected chi connectivity index (χ1v) is 12.2. The van der Waals surface area contributed by atoms with Gasteiger partial charge in [-0.15, -0.1) is 21.5 Å². The number of thioether (sulfide) groups is 1. The maximum atomic E-state index is 6.08. The average Bonchev–Trinajstić information content (AvgIpc) is 3.47. The van der Waals surface area contributed by atoms with Gasteiger partial charge in [0.05, 0.1) is 17.9 Å². The minimum Gasteiger partial charge on any atom is -0.298 e. The van der Waals surface area contributed by atoms with Crippen LogP contribution in [0.2, 0.25) is 5.02 Å². The lowest BCUT2D eigenvalue weighted by atomic mass is 10.2. The van der Waals surface area contributed by atoms with Crippen molar-refractivity contribution in [2.24, 2.45) is 0 Å². The summed E-state index contributed by atoms with van der Waals surface area (Å²) in [5.74, 6) is 1.53. The number of benzene rings is 2. The molecule has 0 aliphatic rings. The first kappa shape index (κ1) is 20.9. The van der Waals surface area contributed by atoms with Crippen LogP contribution in [0.1, 0.15) is 11.3 Å². The predicted molar refractivity (Wildman–Crippen MR) is 131 cm³/mol. The Hall–Kier alpha value is -3.00. The van der Waals surface area contributed by atoms with Crippen LogP contribution in [0.3, 0.4) is 0 Å². The van der Waals surface area contributed by atoms with E-state index in [9.17, 15) is 0 Å². The molecule has 0 N–H and O–H groups in total. The Morgan fingerprint density at radius 2 is 1.72 bits per heavy atom. The lowest BCUT2D eigenvalue weighted by Gasteiger charge is -2.10. The Kier molecular flexibility index (Phi) is 6.29. The van der Waals surface area contributed by atoms with Crippen molar-refractivity contribution < 1.29 is 0 Å². The second-order valence-corrected chi connectivity index (χ2v) is 9.27. The molecule has 0 atom stereocenters. The SMILES string of the molecule is Clc1ccc(-c2nnc(SCc3csc(-c4ccccn4)n3)n2Cc2ccccc2)cc1. The van der Waals surface area contributed by atoms with Crippen molar-refractivity contribution in [3.63, 3.8) is 0 Å². The largest absolute Gasteiger partial charge is 0.298 e. The Morgan fingerprint density at radius 1 is 0.906 bits per heavy atom. The van der Waals surface area contributed by atoms with Gasteiger partial charge in [-0.05, 0) is 42.0 Å². The van der Waals surface area contributed by atoms with Gasteiger partial charge < -0.3 is 0 Å². The molecule has 0 saturated heterocycles. The number of pyridine rings is 1. The second kappa shape index (κ2) is 9.65. The highest BCUT2D eigenvalue weighted by Crippen LogP contribution is 2.30. The van der Waals surface area contributed by atoms with Crippen molar-refractivity contribution >= 4 is 34.7 Å². The molecule has 5 aromatic rings. The summed E-state index contributed by atoms with van der Waals surface area (Å²) in [7, 11) is 0. The van der Waals surface area contributed by atoms with Crippen LogP contribution in [0.15, 0.2) is 89.5 Å². The van der Waals surface area contributed by atoms with Crippen molar-refractivity contribution in [3.8, 4) is 22.1 Å². The van der Waals surface area contributed by atoms with Crippen molar-refractivity contribution in [1.29, 1.82) is 0 Å². The minimum absolute atomic E-state index is 0.685. The lowest BCUT2D eigenvalue weighted by Crippen LogP contribution is -2.04. The van der Waals surface area contributed by atoms with Gasteiger partial charge in [0.1, 0.15) is 5.01 Å². The standard InChI is InChI=1S/C24H18ClN5S2/c25-19-11-9-18(10-12-19)22-28-29-24(30(22)14-17-6-2-1-3-7-17)32-16-20-15-31-23(27-20)21-8-4-5-13-26-21/h1-13,15H,14,16H2. The summed E-state index contributed by atoms with van der Waals surface area (Å²) in [5.41, 5.74) is 4.07. The first-order valence-electron chi connectivity index (χ1n) is 9.98. The number of halogens is 1. The first-order chi connectivity index (χ1) is 15.8. The van der Waals surface area contributed by atoms with Crippen LogP contribution < -0.4 is 0 Å². The van der Waals surface area contributed by atoms with Crippen LogP contribution >= 0.6 is 34.7 Å². The Morgan fingerprint density at radius 3 is 2.50 bits per heavy atom. The molecule has 0 unspecified atom stereocenters. The maximum absolute atomic E-state index is 6.08. The summed E-state index contributed by atoms with van der Waals surface area (Å²) < 4.78 is 2.15. The molecule has 0 aliphatic carbocycles. The number of aromatic nitrogens is 5. The highest BCUT2D eigenvalue weighted by atomic mass is 35.5. The quantitative estimate of drug-likeness (QED) is 0.253. The van der Waals surface area contributed by atoms with Crippen LogP contribution in [0.5, 0.6) is 0 Å². The molecule has 3 aromatic heterocycles. The molecule has 0 fully saturated rings. The summed E-state index contributed by atoms with van der Waals surface area (Å²) in [4.78, 5) is 9.14. The third kappa shape index (κ3) is 4.75. The molecule has 3 heterocycles. The summed E-state index contributed by atoms with van der Waals surface area (Å²) in [5, 5.41) is 13.6. The third-order valence-corrected chi connectivity index (χ3v) is 6.95. The zero-order chi connectivity index (χ0) is 21.8. The molecular weight excluding hydrogens is 458 g/mol. The molecule has 0 aliphatic heterocycles. The third-order valence-electron chi connectivity index (χ3n) is 4.79. The van der Waals surface area contributed by atoms with Gasteiger partial charge >= 0.3 is 0 Å². The van der Waals surface area contributed by atoms with Crippen molar-refractivity contribution in [3.05, 3.63) is 101 Å². The molecule has 32 heavy (non-hydrogen) atoms. The number of nitrogens with zero attached hydrogens (tertiary/aromatic N) is 5. The van der Waals surface area contributed by atoms with E-state index in [2.05, 4.69) is 37.3 Å². The summed E-state index contributed by atoms with van der Waals surface area (Å²) in [6.07, 6.45) is 1.79. The van der Waals surface area contributed by atoms with Crippen molar-refractivity contribution in [2.45, 2.75) is 17.5 Å². The molecule has 0 amide bonds. The molecule has 5 rings (SSSR count). The fraction of sp³-hybridized carbons (Fsp3) is 0.0833. The van der Waals surface area contributed by atoms with Gasteiger partial charge in [-0.25, -0.2) is 4.98 Å². The van der Waals surface area contributed by atoms with E-state index in [-0.39, 0.29) is 0 Å². The highest BCUT2D eigenvalue weighted by Gasteiger charge is 2.16. The van der Waals surface area contributed by atoms with E-state index in [4.69, 9.17) is 16.6 Å². The zero-order valence-corrected chi connectivity index (χ0v) is 19.3. The predicted octanol–water partition coefficient (Wildman–Crippen LogP) is 6.46. The topological polar surface area (TPSA) is 56.5 Å². The van der Waals surface area contributed by atoms with Gasteiger partial charge in [-0.1, -0.05) is 59.8 Å². The molecule has 2 aromatic carbocycles. The zero-order valence-electron chi connectivity index (χ0n) is 16.9.